The van der Waals surface area contributed by atoms with Crippen molar-refractivity contribution >= 4 is 11.4 Å². The molecular formula is C11H8N4O6. The third kappa shape index (κ3) is 2.83. The van der Waals surface area contributed by atoms with E-state index < -0.39 is 26.8 Å². The SMILES string of the molecule is O=c1[nH]c(=O)n(Cc2ccccc2[N+](=O)[O-])cc1[N+](=O)[O-]. The molecule has 1 aromatic heterocycles. The van der Waals surface area contributed by atoms with Gasteiger partial charge in [0.25, 0.3) is 5.69 Å². The molecule has 0 saturated carbocycles. The van der Waals surface area contributed by atoms with Crippen LogP contribution in [0.5, 0.6) is 0 Å². The minimum atomic E-state index is -1.12. The van der Waals surface area contributed by atoms with E-state index in [9.17, 15) is 29.8 Å². The van der Waals surface area contributed by atoms with Crippen molar-refractivity contribution in [2.24, 2.45) is 0 Å². The Kier molecular flexibility index (Phi) is 3.61. The van der Waals surface area contributed by atoms with Gasteiger partial charge in [-0.15, -0.1) is 0 Å². The summed E-state index contributed by atoms with van der Waals surface area (Å²) in [6, 6.07) is 5.66. The average Bonchev–Trinajstić information content (AvgIpc) is 2.41. The van der Waals surface area contributed by atoms with Crippen LogP contribution in [0.15, 0.2) is 40.1 Å². The Balaban J connectivity index is 2.53. The van der Waals surface area contributed by atoms with E-state index in [-0.39, 0.29) is 17.8 Å². The van der Waals surface area contributed by atoms with Crippen molar-refractivity contribution in [3.63, 3.8) is 0 Å². The highest BCUT2D eigenvalue weighted by molar-refractivity contribution is 5.40. The summed E-state index contributed by atoms with van der Waals surface area (Å²) < 4.78 is 0.835. The zero-order valence-electron chi connectivity index (χ0n) is 10.4. The lowest BCUT2D eigenvalue weighted by atomic mass is 10.2. The molecule has 0 aliphatic heterocycles. The quantitative estimate of drug-likeness (QED) is 0.638. The highest BCUT2D eigenvalue weighted by atomic mass is 16.6. The summed E-state index contributed by atoms with van der Waals surface area (Å²) in [6.07, 6.45) is 0.762. The lowest BCUT2D eigenvalue weighted by Gasteiger charge is -2.05. The fourth-order valence-electron chi connectivity index (χ4n) is 1.75. The predicted octanol–water partition coefficient (Wildman–Crippen LogP) is 0.401. The Morgan fingerprint density at radius 2 is 1.67 bits per heavy atom. The molecule has 0 unspecified atom stereocenters. The van der Waals surface area contributed by atoms with Gasteiger partial charge in [0.2, 0.25) is 0 Å². The highest BCUT2D eigenvalue weighted by Crippen LogP contribution is 2.18. The van der Waals surface area contributed by atoms with Crippen LogP contribution in [-0.2, 0) is 6.54 Å². The van der Waals surface area contributed by atoms with E-state index in [2.05, 4.69) is 0 Å². The molecule has 21 heavy (non-hydrogen) atoms. The van der Waals surface area contributed by atoms with E-state index in [1.165, 1.54) is 24.3 Å². The van der Waals surface area contributed by atoms with Gasteiger partial charge >= 0.3 is 16.9 Å². The summed E-state index contributed by atoms with van der Waals surface area (Å²) >= 11 is 0. The predicted molar refractivity (Wildman–Crippen MR) is 70.2 cm³/mol. The molecule has 2 aromatic rings. The molecule has 0 fully saturated rings. The van der Waals surface area contributed by atoms with Crippen LogP contribution in [0.25, 0.3) is 0 Å². The number of para-hydroxylation sites is 1. The van der Waals surface area contributed by atoms with Crippen LogP contribution in [0.2, 0.25) is 0 Å². The first kappa shape index (κ1) is 14.1. The van der Waals surface area contributed by atoms with E-state index in [1.54, 1.807) is 4.98 Å². The number of rotatable bonds is 4. The number of aromatic amines is 1. The summed E-state index contributed by atoms with van der Waals surface area (Å²) in [4.78, 5) is 44.6. The minimum Gasteiger partial charge on any atom is -0.289 e. The molecule has 1 N–H and O–H groups in total. The normalized spacial score (nSPS) is 10.3. The fourth-order valence-corrected chi connectivity index (χ4v) is 1.75. The second kappa shape index (κ2) is 5.36. The van der Waals surface area contributed by atoms with E-state index in [0.717, 1.165) is 10.8 Å². The Bertz CT molecular complexity index is 837. The first-order chi connectivity index (χ1) is 9.90. The lowest BCUT2D eigenvalue weighted by Crippen LogP contribution is -2.31. The van der Waals surface area contributed by atoms with E-state index in [1.807, 2.05) is 0 Å². The third-order valence-electron chi connectivity index (χ3n) is 2.72. The maximum atomic E-state index is 11.6. The molecule has 0 atom stereocenters. The summed E-state index contributed by atoms with van der Waals surface area (Å²) in [6.45, 7) is -0.270. The van der Waals surface area contributed by atoms with Gasteiger partial charge in [0.15, 0.2) is 0 Å². The van der Waals surface area contributed by atoms with E-state index in [4.69, 9.17) is 0 Å². The van der Waals surface area contributed by atoms with Crippen molar-refractivity contribution in [2.75, 3.05) is 0 Å². The Morgan fingerprint density at radius 1 is 1.05 bits per heavy atom. The number of nitro benzene ring substituents is 1. The summed E-state index contributed by atoms with van der Waals surface area (Å²) in [7, 11) is 0. The van der Waals surface area contributed by atoms with Crippen LogP contribution >= 0.6 is 0 Å². The molecule has 0 saturated heterocycles. The molecule has 0 radical (unpaired) electrons. The van der Waals surface area contributed by atoms with Crippen LogP contribution in [-0.4, -0.2) is 19.4 Å². The zero-order valence-corrected chi connectivity index (χ0v) is 10.4. The monoisotopic (exact) mass is 292 g/mol. The number of hydrogen-bond acceptors (Lipinski definition) is 6. The van der Waals surface area contributed by atoms with Crippen molar-refractivity contribution in [1.82, 2.24) is 9.55 Å². The molecule has 10 nitrogen and oxygen atoms in total. The van der Waals surface area contributed by atoms with Gasteiger partial charge in [-0.1, -0.05) is 18.2 Å². The van der Waals surface area contributed by atoms with Crippen molar-refractivity contribution in [3.8, 4) is 0 Å². The number of benzene rings is 1. The molecule has 10 heteroatoms. The number of nitrogens with one attached hydrogen (secondary N) is 1. The number of H-pyrrole nitrogens is 1. The first-order valence-corrected chi connectivity index (χ1v) is 5.60. The van der Waals surface area contributed by atoms with Crippen LogP contribution in [0.1, 0.15) is 5.56 Å². The lowest BCUT2D eigenvalue weighted by molar-refractivity contribution is -0.387. The summed E-state index contributed by atoms with van der Waals surface area (Å²) in [5, 5.41) is 21.6. The van der Waals surface area contributed by atoms with E-state index in [0.29, 0.717) is 0 Å². The highest BCUT2D eigenvalue weighted by Gasteiger charge is 2.17. The van der Waals surface area contributed by atoms with E-state index >= 15 is 0 Å². The molecule has 0 spiro atoms. The minimum absolute atomic E-state index is 0.186. The molecule has 1 aromatic carbocycles. The molecule has 2 rings (SSSR count). The molecule has 0 amide bonds. The molecule has 0 aliphatic rings. The van der Waals surface area contributed by atoms with Gasteiger partial charge < -0.3 is 0 Å². The van der Waals surface area contributed by atoms with Gasteiger partial charge in [-0.2, -0.15) is 0 Å². The number of nitrogens with zero attached hydrogens (tertiary/aromatic N) is 3. The largest absolute Gasteiger partial charge is 0.350 e. The van der Waals surface area contributed by atoms with Crippen molar-refractivity contribution in [1.29, 1.82) is 0 Å². The Morgan fingerprint density at radius 3 is 2.29 bits per heavy atom. The Labute approximate surface area is 115 Å². The number of aromatic nitrogens is 2. The fraction of sp³-hybridized carbons (Fsp3) is 0.0909. The van der Waals surface area contributed by atoms with Crippen LogP contribution in [0.3, 0.4) is 0 Å². The number of nitro groups is 2. The summed E-state index contributed by atoms with van der Waals surface area (Å²) in [5.74, 6) is 0. The van der Waals surface area contributed by atoms with Gasteiger partial charge in [-0.25, -0.2) is 4.79 Å². The molecule has 0 aliphatic carbocycles. The Hall–Kier alpha value is -3.30. The smallest absolute Gasteiger partial charge is 0.289 e. The average molecular weight is 292 g/mol. The second-order valence-corrected chi connectivity index (χ2v) is 4.04. The van der Waals surface area contributed by atoms with Gasteiger partial charge in [0.05, 0.1) is 22.6 Å². The van der Waals surface area contributed by atoms with Gasteiger partial charge in [0.1, 0.15) is 0 Å². The zero-order chi connectivity index (χ0) is 15.6. The first-order valence-electron chi connectivity index (χ1n) is 5.60. The van der Waals surface area contributed by atoms with Crippen LogP contribution < -0.4 is 11.2 Å². The second-order valence-electron chi connectivity index (χ2n) is 4.04. The standard InChI is InChI=1S/C11H8N4O6/c16-10-9(15(20)21)6-13(11(17)12-10)5-7-3-1-2-4-8(7)14(18)19/h1-4,6H,5H2,(H,12,16,17). The van der Waals surface area contributed by atoms with Gasteiger partial charge in [-0.05, 0) is 0 Å². The van der Waals surface area contributed by atoms with Crippen LogP contribution in [0.4, 0.5) is 11.4 Å². The third-order valence-corrected chi connectivity index (χ3v) is 2.72. The maximum absolute atomic E-state index is 11.6. The number of hydrogen-bond donors (Lipinski definition) is 1. The molecule has 1 heterocycles. The van der Waals surface area contributed by atoms with Crippen molar-refractivity contribution in [2.45, 2.75) is 6.54 Å². The van der Waals surface area contributed by atoms with Crippen LogP contribution in [0, 0.1) is 20.2 Å². The molecule has 108 valence electrons. The summed E-state index contributed by atoms with van der Waals surface area (Å²) in [5.41, 5.74) is -2.86. The maximum Gasteiger partial charge on any atom is 0.350 e. The molecular weight excluding hydrogens is 284 g/mol. The van der Waals surface area contributed by atoms with Gasteiger partial charge in [-0.3, -0.25) is 34.6 Å². The van der Waals surface area contributed by atoms with Crippen molar-refractivity contribution < 1.29 is 9.85 Å². The molecule has 0 bridgehead atoms. The topological polar surface area (TPSA) is 141 Å². The van der Waals surface area contributed by atoms with Crippen molar-refractivity contribution in [3.05, 3.63) is 77.1 Å². The van der Waals surface area contributed by atoms with Gasteiger partial charge in [0, 0.05) is 11.6 Å².